The van der Waals surface area contributed by atoms with E-state index in [1.165, 1.54) is 25.9 Å². The van der Waals surface area contributed by atoms with E-state index >= 15 is 0 Å². The predicted molar refractivity (Wildman–Crippen MR) is 94.0 cm³/mol. The first-order valence-electron chi connectivity index (χ1n) is 8.40. The van der Waals surface area contributed by atoms with Crippen molar-refractivity contribution in [2.45, 2.75) is 25.3 Å². The minimum atomic E-state index is 0.0272. The Hall–Kier alpha value is -1.58. The highest BCUT2D eigenvalue weighted by atomic mass is 35.5. The number of hydrogen-bond donors (Lipinski definition) is 1. The molecule has 4 heteroatoms. The van der Waals surface area contributed by atoms with E-state index in [2.05, 4.69) is 10.2 Å². The van der Waals surface area contributed by atoms with Crippen LogP contribution in [0.5, 0.6) is 0 Å². The molecule has 0 aromatic heterocycles. The molecule has 3 aliphatic heterocycles. The summed E-state index contributed by atoms with van der Waals surface area (Å²) in [5.74, 6) is 0.800. The average Bonchev–Trinajstić information content (AvgIpc) is 2.87. The van der Waals surface area contributed by atoms with Crippen LogP contribution in [0.25, 0.3) is 10.8 Å². The summed E-state index contributed by atoms with van der Waals surface area (Å²) in [4.78, 5) is 15.1. The topological polar surface area (TPSA) is 32.3 Å². The fourth-order valence-electron chi connectivity index (χ4n) is 3.95. The summed E-state index contributed by atoms with van der Waals surface area (Å²) in [5.41, 5.74) is 0.714. The van der Waals surface area contributed by atoms with Gasteiger partial charge in [0.05, 0.1) is 0 Å². The van der Waals surface area contributed by atoms with Gasteiger partial charge in [-0.05, 0) is 61.9 Å². The van der Waals surface area contributed by atoms with E-state index in [0.29, 0.717) is 5.56 Å². The van der Waals surface area contributed by atoms with Crippen molar-refractivity contribution in [3.05, 3.63) is 47.0 Å². The molecule has 23 heavy (non-hydrogen) atoms. The first-order chi connectivity index (χ1) is 11.2. The SMILES string of the molecule is O=C(NC1CC2CCN(CC2)C1)c1ccc2c(Cl)cccc2c1. The molecule has 120 valence electrons. The predicted octanol–water partition coefficient (Wildman–Crippen LogP) is 3.71. The van der Waals surface area contributed by atoms with Gasteiger partial charge in [0.15, 0.2) is 0 Å². The molecule has 3 fully saturated rings. The largest absolute Gasteiger partial charge is 0.348 e. The highest BCUT2D eigenvalue weighted by molar-refractivity contribution is 6.35. The van der Waals surface area contributed by atoms with Gasteiger partial charge < -0.3 is 10.2 Å². The lowest BCUT2D eigenvalue weighted by atomic mass is 9.94. The third-order valence-electron chi connectivity index (χ3n) is 5.23. The number of nitrogens with one attached hydrogen (secondary N) is 1. The molecule has 5 rings (SSSR count). The molecule has 1 unspecified atom stereocenters. The first kappa shape index (κ1) is 15.0. The number of nitrogens with zero attached hydrogens (tertiary/aromatic N) is 1. The fraction of sp³-hybridized carbons (Fsp3) is 0.421. The maximum absolute atomic E-state index is 12.6. The summed E-state index contributed by atoms with van der Waals surface area (Å²) in [5, 5.41) is 5.97. The van der Waals surface area contributed by atoms with E-state index in [-0.39, 0.29) is 11.9 Å². The van der Waals surface area contributed by atoms with Crippen LogP contribution in [0.1, 0.15) is 29.6 Å². The van der Waals surface area contributed by atoms with Crippen molar-refractivity contribution in [3.8, 4) is 0 Å². The molecule has 3 saturated heterocycles. The maximum atomic E-state index is 12.6. The van der Waals surface area contributed by atoms with Gasteiger partial charge in [-0.3, -0.25) is 4.79 Å². The van der Waals surface area contributed by atoms with Gasteiger partial charge in [0.2, 0.25) is 0 Å². The third kappa shape index (κ3) is 3.08. The first-order valence-corrected chi connectivity index (χ1v) is 8.78. The Kier molecular flexibility index (Phi) is 4.00. The van der Waals surface area contributed by atoms with Crippen LogP contribution >= 0.6 is 11.6 Å². The van der Waals surface area contributed by atoms with Crippen LogP contribution in [0.4, 0.5) is 0 Å². The molecule has 3 aliphatic rings. The number of fused-ring (bicyclic) bond motifs is 5. The highest BCUT2D eigenvalue weighted by Gasteiger charge is 2.29. The van der Waals surface area contributed by atoms with E-state index in [9.17, 15) is 4.79 Å². The minimum Gasteiger partial charge on any atom is -0.348 e. The number of rotatable bonds is 2. The van der Waals surface area contributed by atoms with Gasteiger partial charge in [-0.2, -0.15) is 0 Å². The molecule has 0 spiro atoms. The second-order valence-corrected chi connectivity index (χ2v) is 7.23. The third-order valence-corrected chi connectivity index (χ3v) is 5.56. The normalized spacial score (nSPS) is 26.9. The van der Waals surface area contributed by atoms with E-state index < -0.39 is 0 Å². The summed E-state index contributed by atoms with van der Waals surface area (Å²) < 4.78 is 0. The Labute approximate surface area is 141 Å². The lowest BCUT2D eigenvalue weighted by Gasteiger charge is -2.26. The second kappa shape index (κ2) is 6.14. The van der Waals surface area contributed by atoms with E-state index in [1.54, 1.807) is 0 Å². The average molecular weight is 329 g/mol. The van der Waals surface area contributed by atoms with Crippen LogP contribution < -0.4 is 5.32 Å². The van der Waals surface area contributed by atoms with Crippen molar-refractivity contribution in [3.63, 3.8) is 0 Å². The standard InChI is InChI=1S/C19H21ClN2O/c20-18-3-1-2-14-11-15(4-5-17(14)18)19(23)21-16-10-13-6-8-22(12-16)9-7-13/h1-5,11,13,16H,6-10,12H2,(H,21,23). The highest BCUT2D eigenvalue weighted by Crippen LogP contribution is 2.27. The summed E-state index contributed by atoms with van der Waals surface area (Å²) in [6, 6.07) is 11.8. The fourth-order valence-corrected chi connectivity index (χ4v) is 4.20. The molecule has 1 N–H and O–H groups in total. The summed E-state index contributed by atoms with van der Waals surface area (Å²) in [6.45, 7) is 3.36. The second-order valence-electron chi connectivity index (χ2n) is 6.83. The number of amides is 1. The quantitative estimate of drug-likeness (QED) is 0.911. The lowest BCUT2D eigenvalue weighted by Crippen LogP contribution is -2.41. The molecule has 0 radical (unpaired) electrons. The molecule has 1 amide bonds. The molecule has 0 saturated carbocycles. The number of hydrogen-bond acceptors (Lipinski definition) is 2. The lowest BCUT2D eigenvalue weighted by molar-refractivity contribution is 0.0929. The summed E-state index contributed by atoms with van der Waals surface area (Å²) in [7, 11) is 0. The van der Waals surface area contributed by atoms with Gasteiger partial charge in [-0.15, -0.1) is 0 Å². The number of benzene rings is 2. The smallest absolute Gasteiger partial charge is 0.251 e. The Morgan fingerprint density at radius 1 is 1.17 bits per heavy atom. The van der Waals surface area contributed by atoms with Crippen LogP contribution in [-0.4, -0.2) is 36.5 Å². The zero-order valence-corrected chi connectivity index (χ0v) is 13.9. The zero-order chi connectivity index (χ0) is 15.8. The van der Waals surface area contributed by atoms with Crippen molar-refractivity contribution in [1.29, 1.82) is 0 Å². The number of piperidine rings is 1. The van der Waals surface area contributed by atoms with Crippen LogP contribution in [0.3, 0.4) is 0 Å². The number of carbonyl (C=O) groups excluding carboxylic acids is 1. The van der Waals surface area contributed by atoms with Crippen molar-refractivity contribution >= 4 is 28.3 Å². The van der Waals surface area contributed by atoms with Crippen molar-refractivity contribution in [2.75, 3.05) is 19.6 Å². The zero-order valence-electron chi connectivity index (χ0n) is 13.1. The summed E-state index contributed by atoms with van der Waals surface area (Å²) >= 11 is 6.20. The van der Waals surface area contributed by atoms with Gasteiger partial charge in [-0.1, -0.05) is 29.8 Å². The molecule has 3 nitrogen and oxygen atoms in total. The van der Waals surface area contributed by atoms with E-state index in [4.69, 9.17) is 11.6 Å². The molecule has 0 aliphatic carbocycles. The molecule has 3 heterocycles. The Bertz CT molecular complexity index is 723. The Morgan fingerprint density at radius 3 is 2.83 bits per heavy atom. The van der Waals surface area contributed by atoms with Crippen LogP contribution in [0, 0.1) is 5.92 Å². The molecular formula is C19H21ClN2O. The molecule has 1 atom stereocenters. The van der Waals surface area contributed by atoms with Gasteiger partial charge in [0.25, 0.3) is 5.91 Å². The molecule has 2 bridgehead atoms. The minimum absolute atomic E-state index is 0.0272. The summed E-state index contributed by atoms with van der Waals surface area (Å²) in [6.07, 6.45) is 3.67. The van der Waals surface area contributed by atoms with Gasteiger partial charge in [-0.25, -0.2) is 0 Å². The maximum Gasteiger partial charge on any atom is 0.251 e. The molecular weight excluding hydrogens is 308 g/mol. The molecule has 2 aromatic carbocycles. The van der Waals surface area contributed by atoms with Crippen molar-refractivity contribution < 1.29 is 4.79 Å². The van der Waals surface area contributed by atoms with Crippen LogP contribution in [0.2, 0.25) is 5.02 Å². The monoisotopic (exact) mass is 328 g/mol. The number of halogens is 1. The van der Waals surface area contributed by atoms with Crippen LogP contribution in [0.15, 0.2) is 36.4 Å². The Morgan fingerprint density at radius 2 is 2.00 bits per heavy atom. The van der Waals surface area contributed by atoms with Gasteiger partial charge in [0.1, 0.15) is 0 Å². The molecule has 2 aromatic rings. The van der Waals surface area contributed by atoms with Gasteiger partial charge in [0, 0.05) is 28.6 Å². The van der Waals surface area contributed by atoms with Crippen LogP contribution in [-0.2, 0) is 0 Å². The van der Waals surface area contributed by atoms with E-state index in [1.807, 2.05) is 36.4 Å². The van der Waals surface area contributed by atoms with Crippen molar-refractivity contribution in [1.82, 2.24) is 10.2 Å². The number of carbonyl (C=O) groups is 1. The van der Waals surface area contributed by atoms with E-state index in [0.717, 1.165) is 34.7 Å². The Balaban J connectivity index is 1.52. The van der Waals surface area contributed by atoms with Gasteiger partial charge >= 0.3 is 0 Å². The van der Waals surface area contributed by atoms with Crippen molar-refractivity contribution in [2.24, 2.45) is 5.92 Å².